The number of fused-ring (bicyclic) bond motifs is 3. The second-order valence-corrected chi connectivity index (χ2v) is 8.82. The van der Waals surface area contributed by atoms with Crippen molar-refractivity contribution in [1.29, 1.82) is 5.26 Å². The predicted molar refractivity (Wildman–Crippen MR) is 131 cm³/mol. The molecule has 2 heterocycles. The zero-order valence-corrected chi connectivity index (χ0v) is 20.4. The van der Waals surface area contributed by atoms with Gasteiger partial charge >= 0.3 is 11.9 Å². The summed E-state index contributed by atoms with van der Waals surface area (Å²) in [5.74, 6) is -0.810. The van der Waals surface area contributed by atoms with E-state index < -0.39 is 11.6 Å². The van der Waals surface area contributed by atoms with Crippen LogP contribution in [0.3, 0.4) is 0 Å². The van der Waals surface area contributed by atoms with E-state index in [9.17, 15) is 14.9 Å². The Balaban J connectivity index is 1.78. The van der Waals surface area contributed by atoms with Crippen molar-refractivity contribution in [2.75, 3.05) is 13.2 Å². The Morgan fingerprint density at radius 2 is 1.97 bits per heavy atom. The molecule has 0 radical (unpaired) electrons. The monoisotopic (exact) mass is 474 g/mol. The maximum Gasteiger partial charge on any atom is 0.338 e. The third-order valence-corrected chi connectivity index (χ3v) is 6.57. The molecule has 1 aliphatic rings. The molecule has 0 amide bonds. The molecule has 1 N–H and O–H groups in total. The van der Waals surface area contributed by atoms with Crippen molar-refractivity contribution in [2.24, 2.45) is 0 Å². The summed E-state index contributed by atoms with van der Waals surface area (Å²) in [5.41, 5.74) is 3.94. The third kappa shape index (κ3) is 4.67. The van der Waals surface area contributed by atoms with Gasteiger partial charge in [-0.1, -0.05) is 43.7 Å². The number of hydrogen-bond donors (Lipinski definition) is 1. The second-order valence-electron chi connectivity index (χ2n) is 8.82. The fourth-order valence-corrected chi connectivity index (χ4v) is 5.01. The Morgan fingerprint density at radius 1 is 1.20 bits per heavy atom. The Bertz CT molecular complexity index is 1290. The molecule has 4 rings (SSSR count). The van der Waals surface area contributed by atoms with Crippen LogP contribution in [-0.4, -0.2) is 30.1 Å². The number of aryl methyl sites for hydroxylation is 1. The van der Waals surface area contributed by atoms with E-state index in [4.69, 9.17) is 14.2 Å². The number of aromatic amines is 1. The smallest absolute Gasteiger partial charge is 0.338 e. The summed E-state index contributed by atoms with van der Waals surface area (Å²) >= 11 is 0. The van der Waals surface area contributed by atoms with Crippen molar-refractivity contribution in [1.82, 2.24) is 4.98 Å². The van der Waals surface area contributed by atoms with Gasteiger partial charge in [-0.2, -0.15) is 5.26 Å². The predicted octanol–water partition coefficient (Wildman–Crippen LogP) is 5.23. The van der Waals surface area contributed by atoms with Crippen LogP contribution in [0.1, 0.15) is 71.4 Å². The Kier molecular flexibility index (Phi) is 7.23. The lowest BCUT2D eigenvalue weighted by Gasteiger charge is -2.36. The lowest BCUT2D eigenvalue weighted by atomic mass is 9.84. The van der Waals surface area contributed by atoms with Crippen molar-refractivity contribution in [3.8, 4) is 6.07 Å². The molecule has 35 heavy (non-hydrogen) atoms. The number of nitrogens with zero attached hydrogens (tertiary/aromatic N) is 1. The third-order valence-electron chi connectivity index (χ3n) is 6.57. The van der Waals surface area contributed by atoms with Crippen LogP contribution in [-0.2, 0) is 37.6 Å². The highest BCUT2D eigenvalue weighted by Gasteiger charge is 2.42. The van der Waals surface area contributed by atoms with E-state index in [2.05, 4.69) is 11.1 Å². The normalized spacial score (nSPS) is 17.0. The van der Waals surface area contributed by atoms with Crippen LogP contribution in [0.15, 0.2) is 36.4 Å². The second kappa shape index (κ2) is 10.3. The minimum absolute atomic E-state index is 0.0847. The van der Waals surface area contributed by atoms with Gasteiger partial charge in [0.2, 0.25) is 0 Å². The van der Waals surface area contributed by atoms with Crippen LogP contribution in [0.2, 0.25) is 0 Å². The summed E-state index contributed by atoms with van der Waals surface area (Å²) in [5, 5.41) is 10.8. The van der Waals surface area contributed by atoms with Gasteiger partial charge in [-0.3, -0.25) is 4.79 Å². The minimum Gasteiger partial charge on any atom is -0.466 e. The summed E-state index contributed by atoms with van der Waals surface area (Å²) in [4.78, 5) is 29.0. The highest BCUT2D eigenvalue weighted by Crippen LogP contribution is 2.44. The number of benzene rings is 2. The van der Waals surface area contributed by atoms with Gasteiger partial charge in [-0.25, -0.2) is 4.79 Å². The van der Waals surface area contributed by atoms with Crippen molar-refractivity contribution in [2.45, 2.75) is 58.7 Å². The molecule has 7 heteroatoms. The number of aromatic nitrogens is 1. The number of rotatable bonds is 8. The van der Waals surface area contributed by atoms with Gasteiger partial charge in [0.1, 0.15) is 12.2 Å². The van der Waals surface area contributed by atoms with Gasteiger partial charge in [0.05, 0.1) is 48.0 Å². The largest absolute Gasteiger partial charge is 0.466 e. The minimum atomic E-state index is -0.860. The maximum atomic E-state index is 13.0. The number of ether oxygens (including phenoxy) is 3. The highest BCUT2D eigenvalue weighted by atomic mass is 16.5. The molecular weight excluding hydrogens is 444 g/mol. The van der Waals surface area contributed by atoms with Crippen molar-refractivity contribution in [3.63, 3.8) is 0 Å². The Labute approximate surface area is 205 Å². The average molecular weight is 475 g/mol. The molecule has 0 saturated carbocycles. The van der Waals surface area contributed by atoms with E-state index in [0.717, 1.165) is 28.6 Å². The molecular formula is C28H30N2O5. The fourth-order valence-electron chi connectivity index (χ4n) is 5.01. The lowest BCUT2D eigenvalue weighted by Crippen LogP contribution is -2.38. The van der Waals surface area contributed by atoms with E-state index in [-0.39, 0.29) is 19.0 Å². The van der Waals surface area contributed by atoms with Crippen molar-refractivity contribution in [3.05, 3.63) is 69.9 Å². The van der Waals surface area contributed by atoms with E-state index in [0.29, 0.717) is 48.3 Å². The van der Waals surface area contributed by atoms with Crippen LogP contribution < -0.4 is 0 Å². The van der Waals surface area contributed by atoms with Crippen LogP contribution >= 0.6 is 0 Å². The first kappa shape index (κ1) is 24.5. The van der Waals surface area contributed by atoms with Gasteiger partial charge in [0.15, 0.2) is 0 Å². The van der Waals surface area contributed by atoms with Gasteiger partial charge in [0, 0.05) is 5.39 Å². The molecule has 0 spiro atoms. The van der Waals surface area contributed by atoms with E-state index >= 15 is 0 Å². The van der Waals surface area contributed by atoms with E-state index in [1.807, 2.05) is 44.2 Å². The van der Waals surface area contributed by atoms with Crippen LogP contribution in [0, 0.1) is 18.3 Å². The SMILES string of the molecule is CCCC1(CC(=O)OCC)OCCc2c1[nH]c1c(C)c(C(=O)OCc3ccccc3)cc(C#N)c21. The van der Waals surface area contributed by atoms with Crippen molar-refractivity contribution >= 4 is 22.8 Å². The molecule has 1 unspecified atom stereocenters. The molecule has 0 saturated heterocycles. The van der Waals surface area contributed by atoms with E-state index in [1.165, 1.54) is 0 Å². The van der Waals surface area contributed by atoms with Gasteiger partial charge < -0.3 is 19.2 Å². The number of hydrogen-bond acceptors (Lipinski definition) is 6. The Hall–Kier alpha value is -3.63. The van der Waals surface area contributed by atoms with Crippen LogP contribution in [0.4, 0.5) is 0 Å². The lowest BCUT2D eigenvalue weighted by molar-refractivity contribution is -0.155. The summed E-state index contributed by atoms with van der Waals surface area (Å²) in [6.45, 7) is 6.55. The van der Waals surface area contributed by atoms with Gasteiger partial charge in [0.25, 0.3) is 0 Å². The zero-order valence-electron chi connectivity index (χ0n) is 20.4. The standard InChI is InChI=1S/C28H30N2O5/c1-4-12-28(15-23(31)33-5-2)26-21(11-13-35-28)24-20(16-29)14-22(18(3)25(24)30-26)27(32)34-17-19-9-7-6-8-10-19/h6-10,14,30H,4-5,11-13,15,17H2,1-3H3. The Morgan fingerprint density at radius 3 is 2.66 bits per heavy atom. The maximum absolute atomic E-state index is 13.0. The number of H-pyrrole nitrogens is 1. The number of nitrogens with one attached hydrogen (secondary N) is 1. The fraction of sp³-hybridized carbons (Fsp3) is 0.393. The first-order chi connectivity index (χ1) is 16.9. The number of carbonyl (C=O) groups excluding carboxylic acids is 2. The molecule has 2 aromatic carbocycles. The van der Waals surface area contributed by atoms with Gasteiger partial charge in [-0.05, 0) is 49.4 Å². The number of esters is 2. The molecule has 0 bridgehead atoms. The molecule has 0 fully saturated rings. The topological polar surface area (TPSA) is 101 Å². The summed E-state index contributed by atoms with van der Waals surface area (Å²) in [6, 6.07) is 13.3. The summed E-state index contributed by atoms with van der Waals surface area (Å²) in [7, 11) is 0. The summed E-state index contributed by atoms with van der Waals surface area (Å²) < 4.78 is 17.0. The summed E-state index contributed by atoms with van der Waals surface area (Å²) in [6.07, 6.45) is 2.12. The van der Waals surface area contributed by atoms with Crippen molar-refractivity contribution < 1.29 is 23.8 Å². The number of carbonyl (C=O) groups is 2. The zero-order chi connectivity index (χ0) is 25.0. The first-order valence-electron chi connectivity index (χ1n) is 12.0. The van der Waals surface area contributed by atoms with Gasteiger partial charge in [-0.15, -0.1) is 0 Å². The first-order valence-corrected chi connectivity index (χ1v) is 12.0. The van der Waals surface area contributed by atoms with Crippen LogP contribution in [0.25, 0.3) is 10.9 Å². The molecule has 1 aromatic heterocycles. The number of nitriles is 1. The average Bonchev–Trinajstić information content (AvgIpc) is 3.26. The molecule has 1 atom stereocenters. The molecule has 7 nitrogen and oxygen atoms in total. The molecule has 1 aliphatic heterocycles. The molecule has 3 aromatic rings. The highest BCUT2D eigenvalue weighted by molar-refractivity contribution is 6.01. The van der Waals surface area contributed by atoms with Crippen LogP contribution in [0.5, 0.6) is 0 Å². The molecule has 0 aliphatic carbocycles. The molecule has 182 valence electrons. The van der Waals surface area contributed by atoms with E-state index in [1.54, 1.807) is 13.0 Å². The quantitative estimate of drug-likeness (QED) is 0.449.